The van der Waals surface area contributed by atoms with E-state index in [0.29, 0.717) is 32.2 Å². The third kappa shape index (κ3) is 6.41. The van der Waals surface area contributed by atoms with Crippen LogP contribution in [-0.2, 0) is 33.7 Å². The number of aryl methyl sites for hydroxylation is 1. The minimum absolute atomic E-state index is 0.0245. The molecule has 0 N–H and O–H groups in total. The van der Waals surface area contributed by atoms with Crippen LogP contribution in [-0.4, -0.2) is 60.3 Å². The van der Waals surface area contributed by atoms with Gasteiger partial charge in [0.2, 0.25) is 0 Å². The molecule has 1 unspecified atom stereocenters. The van der Waals surface area contributed by atoms with E-state index in [9.17, 15) is 9.59 Å². The van der Waals surface area contributed by atoms with Crippen LogP contribution >= 0.6 is 11.3 Å². The number of anilines is 1. The van der Waals surface area contributed by atoms with Gasteiger partial charge in [0.15, 0.2) is 5.13 Å². The van der Waals surface area contributed by atoms with Gasteiger partial charge in [0, 0.05) is 37.1 Å². The third-order valence-electron chi connectivity index (χ3n) is 9.55. The maximum atomic E-state index is 12.7. The Morgan fingerprint density at radius 1 is 1.09 bits per heavy atom. The van der Waals surface area contributed by atoms with E-state index in [0.717, 1.165) is 72.0 Å². The SMILES string of the molecule is CCOC(=O)[C@@]12CCN(c3nc(-c4cccc(C)c4OCc4ccc5c(c4C)CCN(C(=O)OC(C)(C)C)CC5)cs3)CC1C2. The summed E-state index contributed by atoms with van der Waals surface area (Å²) in [6.45, 7) is 15.7. The molecule has 3 aliphatic rings. The Bertz CT molecular complexity index is 1590. The van der Waals surface area contributed by atoms with Crippen molar-refractivity contribution < 1.29 is 23.8 Å². The first-order valence-electron chi connectivity index (χ1n) is 16.2. The molecule has 6 rings (SSSR count). The van der Waals surface area contributed by atoms with Gasteiger partial charge in [-0.25, -0.2) is 9.78 Å². The van der Waals surface area contributed by atoms with Gasteiger partial charge in [-0.15, -0.1) is 11.3 Å². The number of fused-ring (bicyclic) bond motifs is 2. The van der Waals surface area contributed by atoms with Crippen molar-refractivity contribution in [3.63, 3.8) is 0 Å². The van der Waals surface area contributed by atoms with Gasteiger partial charge >= 0.3 is 12.1 Å². The number of para-hydroxylation sites is 1. The van der Waals surface area contributed by atoms with Crippen molar-refractivity contribution in [3.8, 4) is 17.0 Å². The van der Waals surface area contributed by atoms with E-state index in [1.165, 1.54) is 16.7 Å². The number of carbonyl (C=O) groups is 2. The second-order valence-corrected chi connectivity index (χ2v) is 14.5. The lowest BCUT2D eigenvalue weighted by Crippen LogP contribution is -2.38. The molecule has 0 radical (unpaired) electrons. The molecule has 0 bridgehead atoms. The maximum Gasteiger partial charge on any atom is 0.410 e. The Morgan fingerprint density at radius 2 is 1.89 bits per heavy atom. The molecule has 2 aliphatic heterocycles. The zero-order chi connectivity index (χ0) is 31.9. The minimum atomic E-state index is -0.506. The Morgan fingerprint density at radius 3 is 2.64 bits per heavy atom. The van der Waals surface area contributed by atoms with Gasteiger partial charge in [-0.1, -0.05) is 24.3 Å². The van der Waals surface area contributed by atoms with Crippen molar-refractivity contribution in [2.75, 3.05) is 37.7 Å². The first-order valence-corrected chi connectivity index (χ1v) is 17.1. The van der Waals surface area contributed by atoms with Gasteiger partial charge < -0.3 is 24.0 Å². The maximum absolute atomic E-state index is 12.7. The highest BCUT2D eigenvalue weighted by molar-refractivity contribution is 7.14. The average molecular weight is 632 g/mol. The Balaban J connectivity index is 1.14. The quantitative estimate of drug-likeness (QED) is 0.257. The number of benzene rings is 2. The van der Waals surface area contributed by atoms with Crippen LogP contribution in [0.1, 0.15) is 68.4 Å². The van der Waals surface area contributed by atoms with Gasteiger partial charge in [-0.2, -0.15) is 0 Å². The molecule has 0 spiro atoms. The van der Waals surface area contributed by atoms with E-state index in [4.69, 9.17) is 19.2 Å². The van der Waals surface area contributed by atoms with E-state index in [1.54, 1.807) is 11.3 Å². The summed E-state index contributed by atoms with van der Waals surface area (Å²) in [5, 5.41) is 3.10. The number of amides is 1. The first-order chi connectivity index (χ1) is 21.5. The highest BCUT2D eigenvalue weighted by atomic mass is 32.1. The lowest BCUT2D eigenvalue weighted by molar-refractivity contribution is -0.150. The van der Waals surface area contributed by atoms with Crippen LogP contribution in [0.25, 0.3) is 11.3 Å². The Labute approximate surface area is 270 Å². The number of nitrogens with zero attached hydrogens (tertiary/aromatic N) is 3. The fourth-order valence-electron chi connectivity index (χ4n) is 6.87. The smallest absolute Gasteiger partial charge is 0.410 e. The number of hydrogen-bond acceptors (Lipinski definition) is 8. The average Bonchev–Trinajstić information content (AvgIpc) is 3.62. The van der Waals surface area contributed by atoms with Crippen LogP contribution in [0.4, 0.5) is 9.93 Å². The van der Waals surface area contributed by atoms with Crippen molar-refractivity contribution in [1.29, 1.82) is 0 Å². The number of esters is 1. The fraction of sp³-hybridized carbons (Fsp3) is 0.528. The number of carbonyl (C=O) groups excluding carboxylic acids is 2. The summed E-state index contributed by atoms with van der Waals surface area (Å²) in [6.07, 6.45) is 3.10. The zero-order valence-electron chi connectivity index (χ0n) is 27.4. The van der Waals surface area contributed by atoms with Gasteiger partial charge in [0.25, 0.3) is 0 Å². The molecule has 1 saturated heterocycles. The Hall–Kier alpha value is -3.59. The molecule has 8 nitrogen and oxygen atoms in total. The van der Waals surface area contributed by atoms with Crippen molar-refractivity contribution in [1.82, 2.24) is 9.88 Å². The molecule has 3 aromatic rings. The van der Waals surface area contributed by atoms with E-state index < -0.39 is 5.60 Å². The largest absolute Gasteiger partial charge is 0.488 e. The second-order valence-electron chi connectivity index (χ2n) is 13.7. The van der Waals surface area contributed by atoms with Gasteiger partial charge in [0.05, 0.1) is 17.7 Å². The summed E-state index contributed by atoms with van der Waals surface area (Å²) in [5.74, 6) is 1.17. The summed E-state index contributed by atoms with van der Waals surface area (Å²) in [4.78, 5) is 34.5. The van der Waals surface area contributed by atoms with Gasteiger partial charge in [-0.05, 0) is 107 Å². The molecular weight excluding hydrogens is 586 g/mol. The van der Waals surface area contributed by atoms with E-state index >= 15 is 0 Å². The molecule has 2 atom stereocenters. The molecular formula is C36H45N3O5S. The number of aromatic nitrogens is 1. The molecule has 2 fully saturated rings. The van der Waals surface area contributed by atoms with E-state index in [1.807, 2.05) is 32.6 Å². The first kappa shape index (κ1) is 31.4. The predicted octanol–water partition coefficient (Wildman–Crippen LogP) is 7.12. The van der Waals surface area contributed by atoms with Crippen molar-refractivity contribution >= 4 is 28.5 Å². The lowest BCUT2D eigenvalue weighted by Gasteiger charge is -2.30. The third-order valence-corrected chi connectivity index (χ3v) is 10.4. The van der Waals surface area contributed by atoms with Crippen LogP contribution in [0, 0.1) is 25.2 Å². The highest BCUT2D eigenvalue weighted by Crippen LogP contribution is 2.59. The van der Waals surface area contributed by atoms with Crippen molar-refractivity contribution in [2.24, 2.45) is 11.3 Å². The summed E-state index contributed by atoms with van der Waals surface area (Å²) in [7, 11) is 0. The number of ether oxygens (including phenoxy) is 3. The van der Waals surface area contributed by atoms with Gasteiger partial charge in [-0.3, -0.25) is 4.79 Å². The number of piperidine rings is 1. The molecule has 3 heterocycles. The van der Waals surface area contributed by atoms with E-state index in [-0.39, 0.29) is 17.5 Å². The molecule has 1 saturated carbocycles. The summed E-state index contributed by atoms with van der Waals surface area (Å²) >= 11 is 1.65. The molecule has 2 aromatic carbocycles. The predicted molar refractivity (Wildman–Crippen MR) is 177 cm³/mol. The van der Waals surface area contributed by atoms with Crippen molar-refractivity contribution in [3.05, 3.63) is 63.5 Å². The van der Waals surface area contributed by atoms with E-state index in [2.05, 4.69) is 54.5 Å². The Kier molecular flexibility index (Phi) is 8.59. The summed E-state index contributed by atoms with van der Waals surface area (Å²) in [5.41, 5.74) is 7.16. The van der Waals surface area contributed by atoms with Crippen LogP contribution in [0.3, 0.4) is 0 Å². The number of hydrogen-bond donors (Lipinski definition) is 0. The van der Waals surface area contributed by atoms with Crippen LogP contribution in [0.5, 0.6) is 5.75 Å². The minimum Gasteiger partial charge on any atom is -0.488 e. The van der Waals surface area contributed by atoms with Crippen LogP contribution < -0.4 is 9.64 Å². The topological polar surface area (TPSA) is 81.2 Å². The standard InChI is InChI=1S/C36H45N3O5S/c1-7-42-32(40)36-15-18-39(20-27(36)19-36)33-37-30(22-45-33)29-10-8-9-23(2)31(29)43-21-26-12-11-25-13-16-38(17-14-28(25)24(26)3)34(41)44-35(4,5)6/h8-12,22,27H,7,13-21H2,1-6H3/t27?,36-/m1/s1. The molecule has 1 aromatic heterocycles. The van der Waals surface area contributed by atoms with Gasteiger partial charge in [0.1, 0.15) is 18.0 Å². The second kappa shape index (κ2) is 12.3. The summed E-state index contributed by atoms with van der Waals surface area (Å²) < 4.78 is 17.6. The molecule has 1 amide bonds. The molecule has 240 valence electrons. The highest BCUT2D eigenvalue weighted by Gasteiger charge is 2.63. The molecule has 45 heavy (non-hydrogen) atoms. The number of thiazole rings is 1. The zero-order valence-corrected chi connectivity index (χ0v) is 28.2. The van der Waals surface area contributed by atoms with Crippen LogP contribution in [0.2, 0.25) is 0 Å². The normalized spacial score (nSPS) is 21.0. The molecule has 9 heteroatoms. The monoisotopic (exact) mass is 631 g/mol. The summed E-state index contributed by atoms with van der Waals surface area (Å²) in [6, 6.07) is 10.6. The fourth-order valence-corrected chi connectivity index (χ4v) is 7.73. The van der Waals surface area contributed by atoms with Crippen molar-refractivity contribution in [2.45, 2.75) is 79.4 Å². The lowest BCUT2D eigenvalue weighted by atomic mass is 9.94. The van der Waals surface area contributed by atoms with Crippen LogP contribution in [0.15, 0.2) is 35.7 Å². The molecule has 1 aliphatic carbocycles. The number of rotatable bonds is 7.